The average molecular weight is 479 g/mol. The minimum Gasteiger partial charge on any atom is -0.491 e. The number of aliphatic hydroxyl groups excluding tert-OH is 1. The normalized spacial score (nSPS) is 16.4. The molecule has 1 aromatic heterocycles. The number of hydrogen-bond donors (Lipinski definition) is 1. The van der Waals surface area contributed by atoms with Gasteiger partial charge < -0.3 is 14.7 Å². The van der Waals surface area contributed by atoms with Crippen molar-refractivity contribution in [2.24, 2.45) is 0 Å². The first-order valence-electron chi connectivity index (χ1n) is 12.1. The molecule has 0 fully saturated rings. The van der Waals surface area contributed by atoms with Crippen molar-refractivity contribution in [2.75, 3.05) is 32.8 Å². The Labute approximate surface area is 206 Å². The number of fused-ring (bicyclic) bond motifs is 1. The molecule has 180 valence electrons. The number of nitrogens with zero attached hydrogens (tertiary/aromatic N) is 2. The molecule has 2 aromatic carbocycles. The fourth-order valence-corrected chi connectivity index (χ4v) is 5.55. The third-order valence-electron chi connectivity index (χ3n) is 6.42. The summed E-state index contributed by atoms with van der Waals surface area (Å²) in [6.07, 6.45) is 1.18. The van der Waals surface area contributed by atoms with Crippen molar-refractivity contribution in [3.8, 4) is 5.75 Å². The van der Waals surface area contributed by atoms with Gasteiger partial charge in [-0.25, -0.2) is 0 Å². The van der Waals surface area contributed by atoms with E-state index in [1.165, 1.54) is 10.4 Å². The average Bonchev–Trinajstić information content (AvgIpc) is 3.33. The number of para-hydroxylation sites is 1. The Balaban J connectivity index is 1.47. The fraction of sp³-hybridized carbons (Fsp3) is 0.393. The number of carbonyl (C=O) groups is 1. The first-order chi connectivity index (χ1) is 16.6. The lowest BCUT2D eigenvalue weighted by atomic mass is 10.00. The minimum atomic E-state index is -0.620. The Kier molecular flexibility index (Phi) is 8.38. The van der Waals surface area contributed by atoms with E-state index in [9.17, 15) is 9.90 Å². The van der Waals surface area contributed by atoms with Gasteiger partial charge in [-0.2, -0.15) is 0 Å². The number of thiophene rings is 1. The number of ether oxygens (including phenoxy) is 1. The van der Waals surface area contributed by atoms with Crippen LogP contribution in [0.5, 0.6) is 5.75 Å². The molecule has 2 heterocycles. The van der Waals surface area contributed by atoms with E-state index in [-0.39, 0.29) is 18.5 Å². The van der Waals surface area contributed by atoms with Crippen LogP contribution in [0.2, 0.25) is 0 Å². The molecule has 0 saturated carbocycles. The van der Waals surface area contributed by atoms with E-state index in [1.54, 1.807) is 11.3 Å². The van der Waals surface area contributed by atoms with Crippen LogP contribution in [0, 0.1) is 6.92 Å². The minimum absolute atomic E-state index is 0.0870. The molecule has 1 amide bonds. The van der Waals surface area contributed by atoms with Gasteiger partial charge in [0.2, 0.25) is 5.91 Å². The molecule has 1 N–H and O–H groups in total. The zero-order valence-corrected chi connectivity index (χ0v) is 20.8. The number of aliphatic hydroxyl groups is 1. The summed E-state index contributed by atoms with van der Waals surface area (Å²) in [5.74, 6) is 0.944. The summed E-state index contributed by atoms with van der Waals surface area (Å²) in [5, 5.41) is 12.9. The van der Waals surface area contributed by atoms with Crippen molar-refractivity contribution < 1.29 is 14.6 Å². The van der Waals surface area contributed by atoms with Crippen molar-refractivity contribution >= 4 is 17.2 Å². The maximum absolute atomic E-state index is 13.6. The van der Waals surface area contributed by atoms with E-state index in [2.05, 4.69) is 23.3 Å². The summed E-state index contributed by atoms with van der Waals surface area (Å²) in [6, 6.07) is 19.7. The molecular formula is C28H34N2O3S. The van der Waals surface area contributed by atoms with Crippen molar-refractivity contribution in [3.05, 3.63) is 87.6 Å². The van der Waals surface area contributed by atoms with E-state index in [4.69, 9.17) is 4.74 Å². The van der Waals surface area contributed by atoms with Crippen LogP contribution in [-0.4, -0.2) is 53.6 Å². The van der Waals surface area contributed by atoms with Crippen molar-refractivity contribution in [2.45, 2.75) is 38.8 Å². The summed E-state index contributed by atoms with van der Waals surface area (Å²) in [6.45, 7) is 6.75. The van der Waals surface area contributed by atoms with E-state index in [0.717, 1.165) is 36.3 Å². The van der Waals surface area contributed by atoms with Gasteiger partial charge in [-0.05, 0) is 60.5 Å². The maximum Gasteiger partial charge on any atom is 0.237 e. The quantitative estimate of drug-likeness (QED) is 0.445. The Morgan fingerprint density at radius 3 is 2.71 bits per heavy atom. The van der Waals surface area contributed by atoms with Crippen LogP contribution in [0.15, 0.2) is 66.0 Å². The summed E-state index contributed by atoms with van der Waals surface area (Å²) in [7, 11) is 0. The van der Waals surface area contributed by atoms with Gasteiger partial charge in [0.05, 0.1) is 18.7 Å². The van der Waals surface area contributed by atoms with Gasteiger partial charge in [0.25, 0.3) is 0 Å². The predicted molar refractivity (Wildman–Crippen MR) is 137 cm³/mol. The monoisotopic (exact) mass is 478 g/mol. The Morgan fingerprint density at radius 2 is 1.94 bits per heavy atom. The van der Waals surface area contributed by atoms with Crippen LogP contribution in [0.4, 0.5) is 0 Å². The van der Waals surface area contributed by atoms with Gasteiger partial charge in [0.15, 0.2) is 0 Å². The Hall–Kier alpha value is -2.67. The van der Waals surface area contributed by atoms with Crippen molar-refractivity contribution in [1.82, 2.24) is 9.80 Å². The molecule has 0 radical (unpaired) electrons. The van der Waals surface area contributed by atoms with Gasteiger partial charge in [0, 0.05) is 18.0 Å². The van der Waals surface area contributed by atoms with Crippen LogP contribution in [-0.2, 0) is 11.2 Å². The Morgan fingerprint density at radius 1 is 1.18 bits per heavy atom. The van der Waals surface area contributed by atoms with Crippen LogP contribution in [0.3, 0.4) is 0 Å². The molecule has 0 bridgehead atoms. The zero-order valence-electron chi connectivity index (χ0n) is 20.0. The van der Waals surface area contributed by atoms with Gasteiger partial charge in [-0.15, -0.1) is 11.3 Å². The lowest BCUT2D eigenvalue weighted by Gasteiger charge is -2.37. The van der Waals surface area contributed by atoms with Gasteiger partial charge >= 0.3 is 0 Å². The summed E-state index contributed by atoms with van der Waals surface area (Å²) in [5.41, 5.74) is 3.16. The van der Waals surface area contributed by atoms with Crippen LogP contribution in [0.1, 0.15) is 47.1 Å². The number of carbonyl (C=O) groups excluding carboxylic acids is 1. The highest BCUT2D eigenvalue weighted by Crippen LogP contribution is 2.34. The second-order valence-electron chi connectivity index (χ2n) is 8.89. The SMILES string of the molecule is CCCN(CC(=O)N1CCc2sccc2C1COc1ccccc1C)CC(O)c1ccccc1. The smallest absolute Gasteiger partial charge is 0.237 e. The molecule has 1 aliphatic rings. The van der Waals surface area contributed by atoms with E-state index in [1.807, 2.05) is 66.4 Å². The lowest BCUT2D eigenvalue weighted by molar-refractivity contribution is -0.136. The topological polar surface area (TPSA) is 53.0 Å². The van der Waals surface area contributed by atoms with E-state index in [0.29, 0.717) is 19.7 Å². The number of rotatable bonds is 10. The zero-order chi connectivity index (χ0) is 23.9. The second kappa shape index (κ2) is 11.6. The maximum atomic E-state index is 13.6. The Bertz CT molecular complexity index is 1070. The molecule has 6 heteroatoms. The number of amides is 1. The largest absolute Gasteiger partial charge is 0.491 e. The molecule has 3 aromatic rings. The third kappa shape index (κ3) is 5.87. The highest BCUT2D eigenvalue weighted by molar-refractivity contribution is 7.10. The molecule has 0 aliphatic carbocycles. The molecular weight excluding hydrogens is 444 g/mol. The number of aryl methyl sites for hydroxylation is 1. The highest BCUT2D eigenvalue weighted by Gasteiger charge is 2.33. The second-order valence-corrected chi connectivity index (χ2v) is 9.89. The molecule has 2 atom stereocenters. The first kappa shape index (κ1) is 24.5. The summed E-state index contributed by atoms with van der Waals surface area (Å²) in [4.78, 5) is 19.0. The molecule has 1 aliphatic heterocycles. The highest BCUT2D eigenvalue weighted by atomic mass is 32.1. The van der Waals surface area contributed by atoms with Crippen LogP contribution >= 0.6 is 11.3 Å². The predicted octanol–water partition coefficient (Wildman–Crippen LogP) is 5.01. The van der Waals surface area contributed by atoms with Gasteiger partial charge in [-0.1, -0.05) is 55.5 Å². The van der Waals surface area contributed by atoms with Crippen molar-refractivity contribution in [3.63, 3.8) is 0 Å². The molecule has 4 rings (SSSR count). The van der Waals surface area contributed by atoms with E-state index >= 15 is 0 Å². The van der Waals surface area contributed by atoms with Crippen LogP contribution in [0.25, 0.3) is 0 Å². The molecule has 5 nitrogen and oxygen atoms in total. The number of benzene rings is 2. The van der Waals surface area contributed by atoms with E-state index < -0.39 is 6.10 Å². The fourth-order valence-electron chi connectivity index (χ4n) is 4.62. The first-order valence-corrected chi connectivity index (χ1v) is 12.9. The van der Waals surface area contributed by atoms with Gasteiger partial charge in [0.1, 0.15) is 12.4 Å². The third-order valence-corrected chi connectivity index (χ3v) is 7.42. The molecule has 0 saturated heterocycles. The summed E-state index contributed by atoms with van der Waals surface area (Å²) < 4.78 is 6.21. The lowest BCUT2D eigenvalue weighted by Crippen LogP contribution is -2.47. The standard InChI is InChI=1S/C28H34N2O3S/c1-3-15-29(18-25(31)22-10-5-4-6-11-22)19-28(32)30-16-13-27-23(14-17-34-27)24(30)20-33-26-12-8-7-9-21(26)2/h4-12,14,17,24-25,31H,3,13,15-16,18-20H2,1-2H3. The molecule has 34 heavy (non-hydrogen) atoms. The number of hydrogen-bond acceptors (Lipinski definition) is 5. The van der Waals surface area contributed by atoms with Crippen LogP contribution < -0.4 is 4.74 Å². The molecule has 2 unspecified atom stereocenters. The summed E-state index contributed by atoms with van der Waals surface area (Å²) >= 11 is 1.76. The van der Waals surface area contributed by atoms with Crippen molar-refractivity contribution in [1.29, 1.82) is 0 Å². The molecule has 0 spiro atoms. The van der Waals surface area contributed by atoms with Gasteiger partial charge in [-0.3, -0.25) is 9.69 Å².